The topological polar surface area (TPSA) is 169 Å². The second-order valence-corrected chi connectivity index (χ2v) is 18.1. The monoisotopic (exact) mass is 638 g/mol. The maximum Gasteiger partial charge on any atom is 0.186 e. The fourth-order valence-electron chi connectivity index (χ4n) is 13.5. The van der Waals surface area contributed by atoms with Gasteiger partial charge in [0, 0.05) is 11.3 Å². The Morgan fingerprint density at radius 2 is 1.51 bits per heavy atom. The third-order valence-corrected chi connectivity index (χ3v) is 15.5. The van der Waals surface area contributed by atoms with E-state index in [1.807, 2.05) is 6.92 Å². The zero-order valence-electron chi connectivity index (χ0n) is 28.0. The molecule has 5 aliphatic carbocycles. The van der Waals surface area contributed by atoms with Gasteiger partial charge in [-0.3, -0.25) is 0 Å². The summed E-state index contributed by atoms with van der Waals surface area (Å²) in [6.45, 7) is 11.9. The molecule has 2 aliphatic heterocycles. The molecule has 2 spiro atoms. The number of aliphatic hydroxyl groups excluding tert-OH is 6. The molecule has 16 atom stereocenters. The lowest BCUT2D eigenvalue weighted by atomic mass is 9.40. The zero-order chi connectivity index (χ0) is 32.8. The first-order chi connectivity index (χ1) is 20.8. The van der Waals surface area contributed by atoms with Crippen LogP contribution in [0.5, 0.6) is 0 Å². The molecule has 0 amide bonds. The van der Waals surface area contributed by atoms with Crippen molar-refractivity contribution in [2.24, 2.45) is 44.8 Å². The highest BCUT2D eigenvalue weighted by atomic mass is 16.7. The smallest absolute Gasteiger partial charge is 0.186 e. The predicted octanol–water partition coefficient (Wildman–Crippen LogP) is 1.87. The molecular formula is C35H58O10. The third-order valence-electron chi connectivity index (χ3n) is 15.5. The lowest BCUT2D eigenvalue weighted by Crippen LogP contribution is -2.66. The Kier molecular flexibility index (Phi) is 7.42. The first-order valence-electron chi connectivity index (χ1n) is 17.5. The maximum atomic E-state index is 12.4. The van der Waals surface area contributed by atoms with E-state index in [9.17, 15) is 35.7 Å². The van der Waals surface area contributed by atoms with Gasteiger partial charge in [-0.25, -0.2) is 0 Å². The van der Waals surface area contributed by atoms with E-state index in [-0.39, 0.29) is 47.6 Å². The summed E-state index contributed by atoms with van der Waals surface area (Å²) in [5.74, 6) is 0.0995. The van der Waals surface area contributed by atoms with Crippen LogP contribution in [0.15, 0.2) is 0 Å². The van der Waals surface area contributed by atoms with Gasteiger partial charge in [0.25, 0.3) is 0 Å². The van der Waals surface area contributed by atoms with Crippen LogP contribution in [0.3, 0.4) is 0 Å². The summed E-state index contributed by atoms with van der Waals surface area (Å²) < 4.78 is 18.6. The van der Waals surface area contributed by atoms with Gasteiger partial charge < -0.3 is 50.0 Å². The number of hydrogen-bond donors (Lipinski definition) is 7. The molecule has 5 saturated carbocycles. The molecule has 10 heteroatoms. The van der Waals surface area contributed by atoms with E-state index in [1.54, 1.807) is 13.8 Å². The van der Waals surface area contributed by atoms with Crippen molar-refractivity contribution in [2.75, 3.05) is 13.2 Å². The first-order valence-corrected chi connectivity index (χ1v) is 17.5. The summed E-state index contributed by atoms with van der Waals surface area (Å²) in [7, 11) is 0. The van der Waals surface area contributed by atoms with Crippen molar-refractivity contribution in [1.82, 2.24) is 0 Å². The van der Waals surface area contributed by atoms with Gasteiger partial charge in [-0.05, 0) is 112 Å². The second-order valence-electron chi connectivity index (χ2n) is 18.1. The van der Waals surface area contributed by atoms with Crippen LogP contribution in [0, 0.1) is 44.8 Å². The summed E-state index contributed by atoms with van der Waals surface area (Å²) in [5.41, 5.74) is -3.54. The van der Waals surface area contributed by atoms with Crippen LogP contribution < -0.4 is 0 Å². The summed E-state index contributed by atoms with van der Waals surface area (Å²) >= 11 is 0. The molecule has 0 radical (unpaired) electrons. The molecule has 0 aromatic carbocycles. The van der Waals surface area contributed by atoms with Gasteiger partial charge in [0.2, 0.25) is 0 Å². The number of fused-ring (bicyclic) bond motifs is 2. The molecule has 258 valence electrons. The standard InChI is InChI=1S/C35H58O10/c1-29(2)20-7-8-21-31(5)13-18(37)27(32(6)11-9-24(45-32)30(3,4)42)35(31,17-36)22(39)14-34(21)16-33(20,34)12-10-23(29)44-28-26(41)25(40)19(38)15-43-28/h18-28,36-42H,7-17H2,1-6H3/t18-,19+,20-,21-,22+,23-,24+,25-,26+,27+,28-,31-,32+,33+,34-,35+/m0/s1. The average Bonchev–Trinajstić information content (AvgIpc) is 3.27. The van der Waals surface area contributed by atoms with Crippen LogP contribution in [-0.2, 0) is 14.2 Å². The minimum atomic E-state index is -1.32. The molecule has 2 heterocycles. The Morgan fingerprint density at radius 1 is 0.822 bits per heavy atom. The summed E-state index contributed by atoms with van der Waals surface area (Å²) in [4.78, 5) is 0. The number of aliphatic hydroxyl groups is 7. The van der Waals surface area contributed by atoms with Gasteiger partial charge in [0.05, 0.1) is 48.8 Å². The van der Waals surface area contributed by atoms with Crippen LogP contribution in [-0.4, -0.2) is 109 Å². The van der Waals surface area contributed by atoms with E-state index < -0.39 is 64.8 Å². The number of ether oxygens (including phenoxy) is 3. The van der Waals surface area contributed by atoms with Crippen LogP contribution >= 0.6 is 0 Å². The van der Waals surface area contributed by atoms with Gasteiger partial charge in [-0.15, -0.1) is 0 Å². The lowest BCUT2D eigenvalue weighted by Gasteiger charge is -2.65. The molecule has 0 unspecified atom stereocenters. The quantitative estimate of drug-likeness (QED) is 0.221. The van der Waals surface area contributed by atoms with Gasteiger partial charge in [-0.2, -0.15) is 0 Å². The molecule has 0 aromatic heterocycles. The van der Waals surface area contributed by atoms with Crippen LogP contribution in [0.25, 0.3) is 0 Å². The number of rotatable bonds is 5. The van der Waals surface area contributed by atoms with Gasteiger partial charge in [-0.1, -0.05) is 20.8 Å². The van der Waals surface area contributed by atoms with Crippen molar-refractivity contribution in [2.45, 2.75) is 160 Å². The Hall–Kier alpha value is -0.400. The minimum Gasteiger partial charge on any atom is -0.396 e. The van der Waals surface area contributed by atoms with E-state index in [0.717, 1.165) is 32.1 Å². The van der Waals surface area contributed by atoms with E-state index in [4.69, 9.17) is 14.2 Å². The fraction of sp³-hybridized carbons (Fsp3) is 1.00. The highest BCUT2D eigenvalue weighted by Gasteiger charge is 2.86. The van der Waals surface area contributed by atoms with Crippen LogP contribution in [0.1, 0.15) is 99.3 Å². The Labute approximate surface area is 267 Å². The average molecular weight is 639 g/mol. The van der Waals surface area contributed by atoms with Crippen molar-refractivity contribution in [3.05, 3.63) is 0 Å². The highest BCUT2D eigenvalue weighted by Crippen LogP contribution is 2.89. The fourth-order valence-corrected chi connectivity index (χ4v) is 13.5. The van der Waals surface area contributed by atoms with Gasteiger partial charge in [0.1, 0.15) is 18.3 Å². The van der Waals surface area contributed by atoms with Crippen LogP contribution in [0.2, 0.25) is 0 Å². The molecule has 7 aliphatic rings. The van der Waals surface area contributed by atoms with Crippen molar-refractivity contribution in [3.8, 4) is 0 Å². The Morgan fingerprint density at radius 3 is 2.16 bits per heavy atom. The molecule has 0 aromatic rings. The molecule has 7 N–H and O–H groups in total. The van der Waals surface area contributed by atoms with E-state index in [2.05, 4.69) is 20.8 Å². The molecular weight excluding hydrogens is 580 g/mol. The molecule has 7 rings (SSSR count). The lowest BCUT2D eigenvalue weighted by molar-refractivity contribution is -0.304. The van der Waals surface area contributed by atoms with E-state index in [1.165, 1.54) is 0 Å². The Bertz CT molecular complexity index is 1170. The van der Waals surface area contributed by atoms with Crippen molar-refractivity contribution in [3.63, 3.8) is 0 Å². The van der Waals surface area contributed by atoms with Crippen molar-refractivity contribution >= 4 is 0 Å². The highest BCUT2D eigenvalue weighted by molar-refractivity contribution is 5.34. The Balaban J connectivity index is 1.17. The third kappa shape index (κ3) is 4.10. The summed E-state index contributed by atoms with van der Waals surface area (Å²) in [6, 6.07) is 0. The minimum absolute atomic E-state index is 0.0232. The van der Waals surface area contributed by atoms with Crippen LogP contribution in [0.4, 0.5) is 0 Å². The predicted molar refractivity (Wildman–Crippen MR) is 163 cm³/mol. The summed E-state index contributed by atoms with van der Waals surface area (Å²) in [6.07, 6.45) is 0.117. The number of hydrogen-bond acceptors (Lipinski definition) is 10. The first kappa shape index (κ1) is 33.1. The molecule has 10 nitrogen and oxygen atoms in total. The molecule has 2 saturated heterocycles. The SMILES string of the molecule is CC(C)(O)[C@H]1CC[C@](C)([C@H]2[C@@H](O)C[C@@]3(C)[C@@H]4CC[C@H]5C(C)(C)[C@@H](O[C@@H]6OC[C@@H](O)[C@H](O)[C@H]6O)CC[C@@]56C[C@@]46C[C@@H](O)[C@]23CO)O1. The van der Waals surface area contributed by atoms with Gasteiger partial charge in [0.15, 0.2) is 6.29 Å². The van der Waals surface area contributed by atoms with E-state index in [0.29, 0.717) is 31.6 Å². The molecule has 0 bridgehead atoms. The largest absolute Gasteiger partial charge is 0.396 e. The normalized spacial score (nSPS) is 58.7. The molecule has 45 heavy (non-hydrogen) atoms. The van der Waals surface area contributed by atoms with Crippen molar-refractivity contribution < 1.29 is 50.0 Å². The zero-order valence-corrected chi connectivity index (χ0v) is 28.0. The second kappa shape index (κ2) is 10.1. The van der Waals surface area contributed by atoms with E-state index >= 15 is 0 Å². The molecule has 7 fully saturated rings. The summed E-state index contributed by atoms with van der Waals surface area (Å²) in [5, 5.41) is 77.2. The van der Waals surface area contributed by atoms with Gasteiger partial charge >= 0.3 is 0 Å². The maximum absolute atomic E-state index is 12.4. The van der Waals surface area contributed by atoms with Crippen molar-refractivity contribution in [1.29, 1.82) is 0 Å².